The van der Waals surface area contributed by atoms with Crippen molar-refractivity contribution in [3.63, 3.8) is 0 Å². The minimum absolute atomic E-state index is 0.409. The molecule has 0 bridgehead atoms. The van der Waals surface area contributed by atoms with E-state index in [2.05, 4.69) is 12.2 Å². The Kier molecular flexibility index (Phi) is 5.21. The lowest BCUT2D eigenvalue weighted by atomic mass is 10.2. The summed E-state index contributed by atoms with van der Waals surface area (Å²) >= 11 is 0. The Morgan fingerprint density at radius 2 is 1.76 bits per heavy atom. The fraction of sp³-hybridized carbons (Fsp3) is 0.235. The fourth-order valence-corrected chi connectivity index (χ4v) is 1.88. The molecule has 0 radical (unpaired) electrons. The number of benzene rings is 2. The molecule has 0 heterocycles. The summed E-state index contributed by atoms with van der Waals surface area (Å²) in [5.41, 5.74) is 7.90. The Morgan fingerprint density at radius 3 is 2.38 bits per heavy atom. The van der Waals surface area contributed by atoms with Crippen molar-refractivity contribution in [2.75, 3.05) is 18.5 Å². The highest BCUT2D eigenvalue weighted by Crippen LogP contribution is 2.12. The number of nitrogens with two attached hydrogens (primary N) is 1. The highest BCUT2D eigenvalue weighted by Gasteiger charge is 1.99. The molecule has 0 spiro atoms. The third-order valence-corrected chi connectivity index (χ3v) is 3.11. The molecule has 0 aliphatic heterocycles. The smallest absolute Gasteiger partial charge is 0.248 e. The zero-order chi connectivity index (χ0) is 15.1. The second kappa shape index (κ2) is 7.33. The van der Waals surface area contributed by atoms with E-state index in [1.807, 2.05) is 36.4 Å². The van der Waals surface area contributed by atoms with Gasteiger partial charge in [0.05, 0.1) is 6.61 Å². The molecule has 3 N–H and O–H groups in total. The molecular formula is C17H20N2O2. The number of amides is 1. The first-order valence-corrected chi connectivity index (χ1v) is 6.98. The lowest BCUT2D eigenvalue weighted by Gasteiger charge is -2.08. The van der Waals surface area contributed by atoms with Crippen LogP contribution in [-0.2, 0) is 0 Å². The predicted molar refractivity (Wildman–Crippen MR) is 84.7 cm³/mol. The van der Waals surface area contributed by atoms with Crippen molar-refractivity contribution in [3.8, 4) is 5.75 Å². The molecule has 0 aliphatic carbocycles. The van der Waals surface area contributed by atoms with E-state index < -0.39 is 5.91 Å². The first-order chi connectivity index (χ1) is 10.1. The minimum atomic E-state index is -0.409. The first kappa shape index (κ1) is 14.9. The lowest BCUT2D eigenvalue weighted by Crippen LogP contribution is -2.11. The van der Waals surface area contributed by atoms with Crippen LogP contribution < -0.4 is 15.8 Å². The minimum Gasteiger partial charge on any atom is -0.494 e. The number of primary amides is 1. The maximum atomic E-state index is 11.0. The normalized spacial score (nSPS) is 10.1. The summed E-state index contributed by atoms with van der Waals surface area (Å²) in [5, 5.41) is 3.27. The van der Waals surface area contributed by atoms with E-state index in [0.717, 1.165) is 24.4 Å². The Hall–Kier alpha value is -2.49. The lowest BCUT2D eigenvalue weighted by molar-refractivity contribution is 0.100. The number of aryl methyl sites for hydroxylation is 1. The van der Waals surface area contributed by atoms with Crippen LogP contribution in [-0.4, -0.2) is 19.1 Å². The summed E-state index contributed by atoms with van der Waals surface area (Å²) < 4.78 is 5.65. The topological polar surface area (TPSA) is 64.3 Å². The van der Waals surface area contributed by atoms with Crippen LogP contribution in [0.25, 0.3) is 0 Å². The van der Waals surface area contributed by atoms with Gasteiger partial charge in [-0.25, -0.2) is 0 Å². The molecule has 4 heteroatoms. The summed E-state index contributed by atoms with van der Waals surface area (Å²) in [7, 11) is 0. The largest absolute Gasteiger partial charge is 0.494 e. The number of rotatable bonds is 7. The van der Waals surface area contributed by atoms with Crippen LogP contribution in [0.4, 0.5) is 5.69 Å². The number of ether oxygens (including phenoxy) is 1. The van der Waals surface area contributed by atoms with Gasteiger partial charge in [-0.3, -0.25) is 4.79 Å². The fourth-order valence-electron chi connectivity index (χ4n) is 1.88. The van der Waals surface area contributed by atoms with Crippen molar-refractivity contribution in [1.82, 2.24) is 0 Å². The van der Waals surface area contributed by atoms with Crippen LogP contribution in [0, 0.1) is 6.92 Å². The molecule has 21 heavy (non-hydrogen) atoms. The SMILES string of the molecule is Cc1ccc(OCCCNc2ccc(C(N)=O)cc2)cc1. The summed E-state index contributed by atoms with van der Waals surface area (Å²) in [6.07, 6.45) is 0.894. The van der Waals surface area contributed by atoms with Crippen molar-refractivity contribution in [2.24, 2.45) is 5.73 Å². The summed E-state index contributed by atoms with van der Waals surface area (Å²) in [4.78, 5) is 11.0. The van der Waals surface area contributed by atoms with Gasteiger partial charge in [-0.05, 0) is 49.7 Å². The molecule has 0 aliphatic rings. The van der Waals surface area contributed by atoms with Gasteiger partial charge < -0.3 is 15.8 Å². The van der Waals surface area contributed by atoms with Crippen LogP contribution in [0.5, 0.6) is 5.75 Å². The zero-order valence-corrected chi connectivity index (χ0v) is 12.1. The number of carbonyl (C=O) groups is 1. The summed E-state index contributed by atoms with van der Waals surface area (Å²) in [6, 6.07) is 15.2. The second-order valence-corrected chi connectivity index (χ2v) is 4.88. The molecule has 0 unspecified atom stereocenters. The molecular weight excluding hydrogens is 264 g/mol. The van der Waals surface area contributed by atoms with Crippen LogP contribution >= 0.6 is 0 Å². The van der Waals surface area contributed by atoms with Gasteiger partial charge in [0.2, 0.25) is 5.91 Å². The summed E-state index contributed by atoms with van der Waals surface area (Å²) in [6.45, 7) is 3.52. The predicted octanol–water partition coefficient (Wildman–Crippen LogP) is 2.97. The van der Waals surface area contributed by atoms with Gasteiger partial charge in [0, 0.05) is 17.8 Å². The molecule has 0 saturated carbocycles. The quantitative estimate of drug-likeness (QED) is 0.768. The van der Waals surface area contributed by atoms with Crippen molar-refractivity contribution in [2.45, 2.75) is 13.3 Å². The third-order valence-electron chi connectivity index (χ3n) is 3.11. The van der Waals surface area contributed by atoms with E-state index in [4.69, 9.17) is 10.5 Å². The van der Waals surface area contributed by atoms with Gasteiger partial charge in [0.1, 0.15) is 5.75 Å². The molecule has 0 atom stereocenters. The molecule has 2 aromatic rings. The van der Waals surface area contributed by atoms with Gasteiger partial charge >= 0.3 is 0 Å². The number of carbonyl (C=O) groups excluding carboxylic acids is 1. The van der Waals surface area contributed by atoms with Crippen LogP contribution in [0.2, 0.25) is 0 Å². The van der Waals surface area contributed by atoms with Gasteiger partial charge in [-0.2, -0.15) is 0 Å². The zero-order valence-electron chi connectivity index (χ0n) is 12.1. The number of hydrogen-bond donors (Lipinski definition) is 2. The van der Waals surface area contributed by atoms with E-state index in [1.54, 1.807) is 12.1 Å². The molecule has 1 amide bonds. The van der Waals surface area contributed by atoms with Gasteiger partial charge in [0.25, 0.3) is 0 Å². The second-order valence-electron chi connectivity index (χ2n) is 4.88. The van der Waals surface area contributed by atoms with E-state index in [1.165, 1.54) is 5.56 Å². The molecule has 4 nitrogen and oxygen atoms in total. The number of anilines is 1. The number of nitrogens with one attached hydrogen (secondary N) is 1. The van der Waals surface area contributed by atoms with Gasteiger partial charge in [-0.1, -0.05) is 17.7 Å². The Morgan fingerprint density at radius 1 is 1.10 bits per heavy atom. The molecule has 2 aromatic carbocycles. The standard InChI is InChI=1S/C17H20N2O2/c1-13-3-9-16(10-4-13)21-12-2-11-19-15-7-5-14(6-8-15)17(18)20/h3-10,19H,2,11-12H2,1H3,(H2,18,20). The van der Waals surface area contributed by atoms with Crippen LogP contribution in [0.15, 0.2) is 48.5 Å². The maximum Gasteiger partial charge on any atom is 0.248 e. The van der Waals surface area contributed by atoms with Crippen molar-refractivity contribution < 1.29 is 9.53 Å². The maximum absolute atomic E-state index is 11.0. The first-order valence-electron chi connectivity index (χ1n) is 6.98. The molecule has 110 valence electrons. The van der Waals surface area contributed by atoms with Crippen molar-refractivity contribution in [1.29, 1.82) is 0 Å². The Balaban J connectivity index is 1.67. The van der Waals surface area contributed by atoms with Crippen molar-refractivity contribution >= 4 is 11.6 Å². The van der Waals surface area contributed by atoms with Crippen LogP contribution in [0.3, 0.4) is 0 Å². The average Bonchev–Trinajstić information content (AvgIpc) is 2.49. The third kappa shape index (κ3) is 4.84. The summed E-state index contributed by atoms with van der Waals surface area (Å²) in [5.74, 6) is 0.486. The van der Waals surface area contributed by atoms with E-state index in [-0.39, 0.29) is 0 Å². The van der Waals surface area contributed by atoms with E-state index in [0.29, 0.717) is 12.2 Å². The Bertz CT molecular complexity index is 577. The Labute approximate surface area is 124 Å². The highest BCUT2D eigenvalue weighted by atomic mass is 16.5. The molecule has 0 aromatic heterocycles. The van der Waals surface area contributed by atoms with Gasteiger partial charge in [-0.15, -0.1) is 0 Å². The molecule has 0 fully saturated rings. The van der Waals surface area contributed by atoms with Crippen molar-refractivity contribution in [3.05, 3.63) is 59.7 Å². The van der Waals surface area contributed by atoms with E-state index in [9.17, 15) is 4.79 Å². The van der Waals surface area contributed by atoms with Gasteiger partial charge in [0.15, 0.2) is 0 Å². The number of hydrogen-bond acceptors (Lipinski definition) is 3. The highest BCUT2D eigenvalue weighted by molar-refractivity contribution is 5.93. The van der Waals surface area contributed by atoms with E-state index >= 15 is 0 Å². The average molecular weight is 284 g/mol. The monoisotopic (exact) mass is 284 g/mol. The molecule has 0 saturated heterocycles. The molecule has 2 rings (SSSR count). The van der Waals surface area contributed by atoms with Crippen LogP contribution in [0.1, 0.15) is 22.3 Å².